The van der Waals surface area contributed by atoms with E-state index in [4.69, 9.17) is 15.0 Å². The van der Waals surface area contributed by atoms with Gasteiger partial charge in [0, 0.05) is 30.8 Å². The Morgan fingerprint density at radius 1 is 1.38 bits per heavy atom. The van der Waals surface area contributed by atoms with Crippen molar-refractivity contribution in [2.75, 3.05) is 17.7 Å². The highest BCUT2D eigenvalue weighted by molar-refractivity contribution is 5.78. The summed E-state index contributed by atoms with van der Waals surface area (Å²) in [7, 11) is 0. The molecule has 4 N–H and O–H groups in total. The number of ether oxygens (including phenoxy) is 1. The summed E-state index contributed by atoms with van der Waals surface area (Å²) >= 11 is 0. The van der Waals surface area contributed by atoms with Gasteiger partial charge in [0.25, 0.3) is 0 Å². The minimum atomic E-state index is -0.0918. The number of carbonyl (C=O) groups excluding carboxylic acids is 1. The Kier molecular flexibility index (Phi) is 7.03. The van der Waals surface area contributed by atoms with Gasteiger partial charge in [0.05, 0.1) is 17.8 Å². The highest BCUT2D eigenvalue weighted by atomic mass is 16.5. The van der Waals surface area contributed by atoms with Gasteiger partial charge >= 0.3 is 0 Å². The standard InChI is InChI=1S/C20H30N6O3/c1-4-9-28-17-10-14(19(27)23-11-15-12(2)26-29-13(15)3)5-6-16(17)24-18-7-8-22-20(21)25-18/h7-8,14,16-17H,4-6,9-11H2,1-3H3,(H,23,27)(H3,21,22,24,25)/t14-,16-,17-/m0/s1. The van der Waals surface area contributed by atoms with Crippen LogP contribution in [0, 0.1) is 19.8 Å². The molecule has 0 bridgehead atoms. The summed E-state index contributed by atoms with van der Waals surface area (Å²) in [5.74, 6) is 1.59. The Labute approximate surface area is 170 Å². The van der Waals surface area contributed by atoms with E-state index in [2.05, 4.69) is 32.7 Å². The number of nitrogens with two attached hydrogens (primary N) is 1. The average molecular weight is 402 g/mol. The van der Waals surface area contributed by atoms with Gasteiger partial charge < -0.3 is 25.6 Å². The van der Waals surface area contributed by atoms with Crippen LogP contribution in [0.15, 0.2) is 16.8 Å². The molecule has 0 aromatic carbocycles. The molecular weight excluding hydrogens is 372 g/mol. The number of nitrogen functional groups attached to an aromatic ring is 1. The summed E-state index contributed by atoms with van der Waals surface area (Å²) in [6.45, 7) is 6.89. The molecule has 29 heavy (non-hydrogen) atoms. The van der Waals surface area contributed by atoms with Crippen molar-refractivity contribution in [2.45, 2.75) is 65.1 Å². The van der Waals surface area contributed by atoms with Crippen LogP contribution in [0.1, 0.15) is 49.6 Å². The van der Waals surface area contributed by atoms with Crippen molar-refractivity contribution in [1.29, 1.82) is 0 Å². The Hall–Kier alpha value is -2.68. The van der Waals surface area contributed by atoms with Crippen LogP contribution in [0.2, 0.25) is 0 Å². The number of aryl methyl sites for hydroxylation is 2. The lowest BCUT2D eigenvalue weighted by atomic mass is 9.83. The van der Waals surface area contributed by atoms with Crippen LogP contribution in [0.5, 0.6) is 0 Å². The highest BCUT2D eigenvalue weighted by Gasteiger charge is 2.34. The number of amides is 1. The molecule has 158 valence electrons. The van der Waals surface area contributed by atoms with Crippen LogP contribution < -0.4 is 16.4 Å². The summed E-state index contributed by atoms with van der Waals surface area (Å²) < 4.78 is 11.2. The lowest BCUT2D eigenvalue weighted by molar-refractivity contribution is -0.128. The molecule has 2 aromatic rings. The van der Waals surface area contributed by atoms with Crippen molar-refractivity contribution in [3.05, 3.63) is 29.3 Å². The van der Waals surface area contributed by atoms with E-state index in [1.165, 1.54) is 0 Å². The first-order valence-electron chi connectivity index (χ1n) is 10.1. The van der Waals surface area contributed by atoms with Crippen molar-refractivity contribution in [3.8, 4) is 0 Å². The van der Waals surface area contributed by atoms with Crippen LogP contribution in [0.25, 0.3) is 0 Å². The molecule has 1 amide bonds. The minimum Gasteiger partial charge on any atom is -0.376 e. The zero-order valence-corrected chi connectivity index (χ0v) is 17.3. The molecule has 1 aliphatic carbocycles. The number of nitrogens with one attached hydrogen (secondary N) is 2. The molecule has 2 heterocycles. The fourth-order valence-electron chi connectivity index (χ4n) is 3.70. The van der Waals surface area contributed by atoms with Gasteiger partial charge in [0.2, 0.25) is 11.9 Å². The Bertz CT molecular complexity index is 805. The summed E-state index contributed by atoms with van der Waals surface area (Å²) in [6, 6.07) is 1.86. The molecule has 2 aromatic heterocycles. The van der Waals surface area contributed by atoms with E-state index >= 15 is 0 Å². The maximum Gasteiger partial charge on any atom is 0.223 e. The molecule has 1 fully saturated rings. The Morgan fingerprint density at radius 2 is 2.21 bits per heavy atom. The second-order valence-corrected chi connectivity index (χ2v) is 7.49. The van der Waals surface area contributed by atoms with Gasteiger partial charge in [0.1, 0.15) is 11.6 Å². The summed E-state index contributed by atoms with van der Waals surface area (Å²) in [4.78, 5) is 20.9. The fraction of sp³-hybridized carbons (Fsp3) is 0.600. The zero-order chi connectivity index (χ0) is 20.8. The maximum absolute atomic E-state index is 12.8. The number of anilines is 2. The number of hydrogen-bond donors (Lipinski definition) is 3. The number of rotatable bonds is 8. The second kappa shape index (κ2) is 9.69. The Morgan fingerprint density at radius 3 is 2.90 bits per heavy atom. The maximum atomic E-state index is 12.8. The van der Waals surface area contributed by atoms with E-state index in [-0.39, 0.29) is 29.9 Å². The summed E-state index contributed by atoms with van der Waals surface area (Å²) in [5, 5.41) is 10.4. The number of nitrogens with zero attached hydrogens (tertiary/aromatic N) is 3. The van der Waals surface area contributed by atoms with Gasteiger partial charge in [-0.25, -0.2) is 4.98 Å². The molecule has 1 aliphatic rings. The number of hydrogen-bond acceptors (Lipinski definition) is 8. The quantitative estimate of drug-likeness (QED) is 0.614. The molecule has 0 spiro atoms. The molecular formula is C20H30N6O3. The lowest BCUT2D eigenvalue weighted by Crippen LogP contribution is -2.45. The third-order valence-electron chi connectivity index (χ3n) is 5.33. The topological polar surface area (TPSA) is 128 Å². The van der Waals surface area contributed by atoms with Crippen LogP contribution in [-0.2, 0) is 16.1 Å². The van der Waals surface area contributed by atoms with Crippen molar-refractivity contribution >= 4 is 17.7 Å². The summed E-state index contributed by atoms with van der Waals surface area (Å²) in [5.41, 5.74) is 7.43. The monoisotopic (exact) mass is 402 g/mol. The van der Waals surface area contributed by atoms with Gasteiger partial charge in [0.15, 0.2) is 0 Å². The molecule has 0 unspecified atom stereocenters. The number of carbonyl (C=O) groups is 1. The van der Waals surface area contributed by atoms with E-state index in [9.17, 15) is 4.79 Å². The van der Waals surface area contributed by atoms with Crippen LogP contribution >= 0.6 is 0 Å². The number of aromatic nitrogens is 3. The molecule has 1 saturated carbocycles. The van der Waals surface area contributed by atoms with E-state index in [1.807, 2.05) is 13.8 Å². The van der Waals surface area contributed by atoms with E-state index < -0.39 is 0 Å². The molecule has 0 aliphatic heterocycles. The van der Waals surface area contributed by atoms with Gasteiger partial charge in [-0.2, -0.15) is 4.98 Å². The predicted octanol–water partition coefficient (Wildman–Crippen LogP) is 2.36. The SMILES string of the molecule is CCCO[C@H]1C[C@@H](C(=O)NCc2c(C)noc2C)CC[C@@H]1Nc1ccnc(N)n1. The van der Waals surface area contributed by atoms with Crippen LogP contribution in [0.4, 0.5) is 11.8 Å². The van der Waals surface area contributed by atoms with Gasteiger partial charge in [-0.1, -0.05) is 12.1 Å². The largest absolute Gasteiger partial charge is 0.376 e. The average Bonchev–Trinajstić information content (AvgIpc) is 3.03. The van der Waals surface area contributed by atoms with Crippen molar-refractivity contribution < 1.29 is 14.1 Å². The third kappa shape index (κ3) is 5.44. The van der Waals surface area contributed by atoms with Crippen molar-refractivity contribution in [2.24, 2.45) is 5.92 Å². The lowest BCUT2D eigenvalue weighted by Gasteiger charge is -2.36. The first-order chi connectivity index (χ1) is 14.0. The zero-order valence-electron chi connectivity index (χ0n) is 17.3. The van der Waals surface area contributed by atoms with Crippen LogP contribution in [0.3, 0.4) is 0 Å². The van der Waals surface area contributed by atoms with E-state index in [1.54, 1.807) is 12.3 Å². The normalized spacial score (nSPS) is 21.7. The predicted molar refractivity (Wildman–Crippen MR) is 109 cm³/mol. The van der Waals surface area contributed by atoms with Crippen molar-refractivity contribution in [1.82, 2.24) is 20.4 Å². The molecule has 3 atom stereocenters. The first kappa shape index (κ1) is 21.0. The second-order valence-electron chi connectivity index (χ2n) is 7.49. The minimum absolute atomic E-state index is 0.0415. The smallest absolute Gasteiger partial charge is 0.223 e. The molecule has 0 saturated heterocycles. The third-order valence-corrected chi connectivity index (χ3v) is 5.33. The summed E-state index contributed by atoms with van der Waals surface area (Å²) in [6.07, 6.45) is 4.72. The molecule has 9 heteroatoms. The Balaban J connectivity index is 1.60. The highest BCUT2D eigenvalue weighted by Crippen LogP contribution is 2.29. The van der Waals surface area contributed by atoms with Gasteiger partial charge in [-0.15, -0.1) is 0 Å². The van der Waals surface area contributed by atoms with Gasteiger partial charge in [-0.05, 0) is 45.6 Å². The van der Waals surface area contributed by atoms with E-state index in [0.717, 1.165) is 36.3 Å². The van der Waals surface area contributed by atoms with Crippen LogP contribution in [-0.4, -0.2) is 39.8 Å². The molecule has 0 radical (unpaired) electrons. The fourth-order valence-corrected chi connectivity index (χ4v) is 3.70. The van der Waals surface area contributed by atoms with Crippen molar-refractivity contribution in [3.63, 3.8) is 0 Å². The molecule has 3 rings (SSSR count). The van der Waals surface area contributed by atoms with E-state index in [0.29, 0.717) is 25.4 Å². The first-order valence-corrected chi connectivity index (χ1v) is 10.1. The van der Waals surface area contributed by atoms with Gasteiger partial charge in [-0.3, -0.25) is 4.79 Å². The molecule has 9 nitrogen and oxygen atoms in total.